The normalized spacial score (nSPS) is 12.1. The number of unbranched alkanes of at least 4 members (excludes halogenated alkanes) is 2. The van der Waals surface area contributed by atoms with Crippen LogP contribution >= 0.6 is 0 Å². The van der Waals surface area contributed by atoms with Crippen molar-refractivity contribution in [3.63, 3.8) is 0 Å². The molecule has 0 bridgehead atoms. The van der Waals surface area contributed by atoms with Crippen molar-refractivity contribution in [2.75, 3.05) is 0 Å². The molecule has 0 radical (unpaired) electrons. The largest absolute Gasteiger partial charge is 0.489 e. The molecule has 21 heavy (non-hydrogen) atoms. The minimum absolute atomic E-state index is 0.0588. The summed E-state index contributed by atoms with van der Waals surface area (Å²) in [5.41, 5.74) is 8.61. The summed E-state index contributed by atoms with van der Waals surface area (Å²) in [7, 11) is 0. The van der Waals surface area contributed by atoms with E-state index >= 15 is 0 Å². The van der Waals surface area contributed by atoms with Gasteiger partial charge in [-0.25, -0.2) is 0 Å². The highest BCUT2D eigenvalue weighted by atomic mass is 16.5. The minimum Gasteiger partial charge on any atom is -0.489 e. The first-order valence-corrected chi connectivity index (χ1v) is 7.82. The van der Waals surface area contributed by atoms with E-state index in [9.17, 15) is 0 Å². The van der Waals surface area contributed by atoms with Gasteiger partial charge in [0.2, 0.25) is 0 Å². The summed E-state index contributed by atoms with van der Waals surface area (Å²) >= 11 is 0. The monoisotopic (exact) mass is 283 g/mol. The van der Waals surface area contributed by atoms with Gasteiger partial charge >= 0.3 is 0 Å². The summed E-state index contributed by atoms with van der Waals surface area (Å²) in [6.45, 7) is 2.79. The second kappa shape index (κ2) is 8.48. The van der Waals surface area contributed by atoms with Crippen molar-refractivity contribution in [3.8, 4) is 5.75 Å². The number of hydrogen-bond acceptors (Lipinski definition) is 2. The van der Waals surface area contributed by atoms with Crippen LogP contribution in [0.3, 0.4) is 0 Å². The Bertz CT molecular complexity index is 524. The molecule has 2 nitrogen and oxygen atoms in total. The molecular formula is C19H25NO. The van der Waals surface area contributed by atoms with Gasteiger partial charge in [0.1, 0.15) is 12.4 Å². The predicted molar refractivity (Wildman–Crippen MR) is 88.3 cm³/mol. The first kappa shape index (κ1) is 15.6. The van der Waals surface area contributed by atoms with Crippen LogP contribution < -0.4 is 10.5 Å². The van der Waals surface area contributed by atoms with Gasteiger partial charge in [-0.05, 0) is 18.1 Å². The van der Waals surface area contributed by atoms with E-state index in [4.69, 9.17) is 10.5 Å². The standard InChI is InChI=1S/C19H25NO/c1-2-3-5-13-18(20)17-12-8-9-14-19(17)21-15-16-10-6-4-7-11-16/h4,6-12,14,18H,2-3,5,13,15,20H2,1H3/t18-/m0/s1. The molecule has 2 rings (SSSR count). The summed E-state index contributed by atoms with van der Waals surface area (Å²) in [5.74, 6) is 0.908. The van der Waals surface area contributed by atoms with E-state index in [0.29, 0.717) is 6.61 Å². The number of hydrogen-bond donors (Lipinski definition) is 1. The lowest BCUT2D eigenvalue weighted by Crippen LogP contribution is -2.12. The van der Waals surface area contributed by atoms with E-state index in [2.05, 4.69) is 25.1 Å². The molecule has 112 valence electrons. The van der Waals surface area contributed by atoms with Crippen LogP contribution in [0.1, 0.15) is 49.8 Å². The second-order valence-corrected chi connectivity index (χ2v) is 5.41. The molecule has 0 amide bonds. The van der Waals surface area contributed by atoms with Gasteiger partial charge in [-0.15, -0.1) is 0 Å². The molecule has 0 aromatic heterocycles. The van der Waals surface area contributed by atoms with Crippen molar-refractivity contribution in [2.45, 2.75) is 45.3 Å². The molecule has 2 N–H and O–H groups in total. The second-order valence-electron chi connectivity index (χ2n) is 5.41. The summed E-state index contributed by atoms with van der Waals surface area (Å²) in [6, 6.07) is 18.4. The van der Waals surface area contributed by atoms with Gasteiger partial charge in [-0.2, -0.15) is 0 Å². The zero-order chi connectivity index (χ0) is 14.9. The number of ether oxygens (including phenoxy) is 1. The van der Waals surface area contributed by atoms with Gasteiger partial charge in [0.05, 0.1) is 0 Å². The predicted octanol–water partition coefficient (Wildman–Crippen LogP) is 4.85. The number of rotatable bonds is 8. The van der Waals surface area contributed by atoms with Crippen LogP contribution in [0.5, 0.6) is 5.75 Å². The fourth-order valence-electron chi connectivity index (χ4n) is 2.42. The third-order valence-electron chi connectivity index (χ3n) is 3.67. The lowest BCUT2D eigenvalue weighted by Gasteiger charge is -2.17. The maximum absolute atomic E-state index is 6.33. The molecule has 0 spiro atoms. The third kappa shape index (κ3) is 4.91. The van der Waals surface area contributed by atoms with Crippen LogP contribution in [-0.2, 0) is 6.61 Å². The van der Waals surface area contributed by atoms with Crippen molar-refractivity contribution in [3.05, 3.63) is 65.7 Å². The Hall–Kier alpha value is -1.80. The van der Waals surface area contributed by atoms with Gasteiger partial charge < -0.3 is 10.5 Å². The zero-order valence-electron chi connectivity index (χ0n) is 12.8. The highest BCUT2D eigenvalue weighted by Crippen LogP contribution is 2.27. The molecule has 0 saturated heterocycles. The van der Waals surface area contributed by atoms with Gasteiger partial charge in [0, 0.05) is 11.6 Å². The molecule has 0 heterocycles. The fraction of sp³-hybridized carbons (Fsp3) is 0.368. The molecular weight excluding hydrogens is 258 g/mol. The summed E-state index contributed by atoms with van der Waals surface area (Å²) in [5, 5.41) is 0. The van der Waals surface area contributed by atoms with Crippen LogP contribution in [0, 0.1) is 0 Å². The lowest BCUT2D eigenvalue weighted by atomic mass is 10.0. The van der Waals surface area contributed by atoms with E-state index in [-0.39, 0.29) is 6.04 Å². The zero-order valence-corrected chi connectivity index (χ0v) is 12.8. The third-order valence-corrected chi connectivity index (χ3v) is 3.67. The van der Waals surface area contributed by atoms with Gasteiger partial charge in [0.25, 0.3) is 0 Å². The minimum atomic E-state index is 0.0588. The topological polar surface area (TPSA) is 35.2 Å². The van der Waals surface area contributed by atoms with Crippen molar-refractivity contribution in [2.24, 2.45) is 5.73 Å². The molecule has 0 aliphatic carbocycles. The van der Waals surface area contributed by atoms with Crippen LogP contribution in [0.25, 0.3) is 0 Å². The molecule has 2 heteroatoms. The Balaban J connectivity index is 1.99. The van der Waals surface area contributed by atoms with Crippen molar-refractivity contribution >= 4 is 0 Å². The van der Waals surface area contributed by atoms with E-state index in [1.807, 2.05) is 36.4 Å². The van der Waals surface area contributed by atoms with Gasteiger partial charge in [0.15, 0.2) is 0 Å². The van der Waals surface area contributed by atoms with Crippen LogP contribution in [0.4, 0.5) is 0 Å². The summed E-state index contributed by atoms with van der Waals surface area (Å²) < 4.78 is 5.97. The van der Waals surface area contributed by atoms with Crippen LogP contribution in [-0.4, -0.2) is 0 Å². The molecule has 2 aromatic carbocycles. The Morgan fingerprint density at radius 2 is 1.67 bits per heavy atom. The van der Waals surface area contributed by atoms with Crippen molar-refractivity contribution in [1.82, 2.24) is 0 Å². The molecule has 0 aliphatic heterocycles. The number of benzene rings is 2. The lowest BCUT2D eigenvalue weighted by molar-refractivity contribution is 0.300. The van der Waals surface area contributed by atoms with E-state index in [0.717, 1.165) is 17.7 Å². The number of nitrogens with two attached hydrogens (primary N) is 1. The smallest absolute Gasteiger partial charge is 0.124 e. The highest BCUT2D eigenvalue weighted by molar-refractivity contribution is 5.36. The molecule has 0 saturated carbocycles. The molecule has 0 fully saturated rings. The van der Waals surface area contributed by atoms with Crippen molar-refractivity contribution in [1.29, 1.82) is 0 Å². The Labute approximate surface area is 127 Å². The first-order chi connectivity index (χ1) is 10.3. The van der Waals surface area contributed by atoms with Crippen LogP contribution in [0.15, 0.2) is 54.6 Å². The molecule has 0 aliphatic rings. The average molecular weight is 283 g/mol. The highest BCUT2D eigenvalue weighted by Gasteiger charge is 2.11. The van der Waals surface area contributed by atoms with Gasteiger partial charge in [-0.3, -0.25) is 0 Å². The van der Waals surface area contributed by atoms with E-state index in [1.54, 1.807) is 0 Å². The maximum Gasteiger partial charge on any atom is 0.124 e. The Morgan fingerprint density at radius 3 is 2.43 bits per heavy atom. The van der Waals surface area contributed by atoms with Crippen molar-refractivity contribution < 1.29 is 4.74 Å². The number of para-hydroxylation sites is 1. The quantitative estimate of drug-likeness (QED) is 0.703. The molecule has 1 atom stereocenters. The van der Waals surface area contributed by atoms with E-state index < -0.39 is 0 Å². The van der Waals surface area contributed by atoms with Gasteiger partial charge in [-0.1, -0.05) is 74.7 Å². The maximum atomic E-state index is 6.33. The fourth-order valence-corrected chi connectivity index (χ4v) is 2.42. The Kier molecular flexibility index (Phi) is 6.29. The first-order valence-electron chi connectivity index (χ1n) is 7.82. The summed E-state index contributed by atoms with van der Waals surface area (Å²) in [6.07, 6.45) is 4.64. The molecule has 0 unspecified atom stereocenters. The summed E-state index contributed by atoms with van der Waals surface area (Å²) in [4.78, 5) is 0. The molecule has 2 aromatic rings. The van der Waals surface area contributed by atoms with Crippen LogP contribution in [0.2, 0.25) is 0 Å². The Morgan fingerprint density at radius 1 is 0.952 bits per heavy atom. The SMILES string of the molecule is CCCCC[C@H](N)c1ccccc1OCc1ccccc1. The van der Waals surface area contributed by atoms with E-state index in [1.165, 1.54) is 24.8 Å². The average Bonchev–Trinajstić information content (AvgIpc) is 2.54.